The van der Waals surface area contributed by atoms with Crippen LogP contribution in [0, 0.1) is 11.6 Å². The van der Waals surface area contributed by atoms with Crippen LogP contribution in [0.2, 0.25) is 0 Å². The van der Waals surface area contributed by atoms with Gasteiger partial charge in [0.15, 0.2) is 11.0 Å². The van der Waals surface area contributed by atoms with Gasteiger partial charge in [-0.3, -0.25) is 9.78 Å². The van der Waals surface area contributed by atoms with E-state index in [1.807, 2.05) is 23.7 Å². The number of nitrogens with zero attached hydrogens (tertiary/aromatic N) is 6. The second-order valence-electron chi connectivity index (χ2n) is 7.95. The molecule has 0 bridgehead atoms. The van der Waals surface area contributed by atoms with Crippen molar-refractivity contribution in [2.45, 2.75) is 17.6 Å². The van der Waals surface area contributed by atoms with Crippen molar-refractivity contribution in [3.05, 3.63) is 95.8 Å². The minimum absolute atomic E-state index is 0.0835. The van der Waals surface area contributed by atoms with Crippen LogP contribution in [0.15, 0.2) is 83.3 Å². The van der Waals surface area contributed by atoms with E-state index < -0.39 is 6.04 Å². The van der Waals surface area contributed by atoms with Crippen LogP contribution in [-0.2, 0) is 11.8 Å². The van der Waals surface area contributed by atoms with Crippen molar-refractivity contribution in [2.75, 3.05) is 5.75 Å². The molecule has 4 aromatic rings. The Hall–Kier alpha value is -3.92. The maximum Gasteiger partial charge on any atom is 0.253 e. The molecule has 35 heavy (non-hydrogen) atoms. The summed E-state index contributed by atoms with van der Waals surface area (Å²) < 4.78 is 28.7. The predicted octanol–water partition coefficient (Wildman–Crippen LogP) is 4.63. The summed E-state index contributed by atoms with van der Waals surface area (Å²) in [5.74, 6) is -0.173. The molecule has 0 aliphatic carbocycles. The molecule has 0 saturated carbocycles. The molecule has 1 unspecified atom stereocenters. The van der Waals surface area contributed by atoms with Gasteiger partial charge in [0, 0.05) is 31.4 Å². The highest BCUT2D eigenvalue weighted by atomic mass is 32.2. The van der Waals surface area contributed by atoms with Crippen molar-refractivity contribution >= 4 is 23.4 Å². The molecule has 0 spiro atoms. The van der Waals surface area contributed by atoms with Gasteiger partial charge in [0.05, 0.1) is 17.5 Å². The number of rotatable bonds is 6. The maximum absolute atomic E-state index is 13.5. The smallest absolute Gasteiger partial charge is 0.253 e. The molecule has 0 radical (unpaired) electrons. The van der Waals surface area contributed by atoms with Gasteiger partial charge in [-0.05, 0) is 47.5 Å². The van der Waals surface area contributed by atoms with Crippen LogP contribution >= 0.6 is 11.8 Å². The van der Waals surface area contributed by atoms with Crippen LogP contribution in [0.4, 0.5) is 8.78 Å². The number of thioether (sulfide) groups is 1. The van der Waals surface area contributed by atoms with Gasteiger partial charge < -0.3 is 4.57 Å². The lowest BCUT2D eigenvalue weighted by molar-refractivity contribution is -0.130. The van der Waals surface area contributed by atoms with Crippen molar-refractivity contribution in [3.63, 3.8) is 0 Å². The summed E-state index contributed by atoms with van der Waals surface area (Å²) >= 11 is 1.26. The van der Waals surface area contributed by atoms with E-state index in [1.54, 1.807) is 36.7 Å². The Morgan fingerprint density at radius 3 is 2.29 bits per heavy atom. The Morgan fingerprint density at radius 2 is 1.60 bits per heavy atom. The molecular weight excluding hydrogens is 470 g/mol. The number of amides is 1. The molecular formula is C25H20F2N6OS. The molecule has 0 saturated heterocycles. The maximum atomic E-state index is 13.5. The Morgan fingerprint density at radius 1 is 0.943 bits per heavy atom. The molecule has 1 atom stereocenters. The third-order valence-electron chi connectivity index (χ3n) is 5.70. The highest BCUT2D eigenvalue weighted by Gasteiger charge is 2.33. The summed E-state index contributed by atoms with van der Waals surface area (Å²) in [4.78, 5) is 17.3. The fraction of sp³-hybridized carbons (Fsp3) is 0.160. The SMILES string of the molecule is Cn1c(SCC(=O)N2N=C(c3ccc(F)cc3)CC2c2ccc(F)cc2)nnc1-c1ccncc1. The molecule has 0 fully saturated rings. The summed E-state index contributed by atoms with van der Waals surface area (Å²) in [7, 11) is 1.84. The lowest BCUT2D eigenvalue weighted by Gasteiger charge is -2.22. The Labute approximate surface area is 204 Å². The minimum atomic E-state index is -0.393. The summed E-state index contributed by atoms with van der Waals surface area (Å²) in [6.07, 6.45) is 3.80. The predicted molar refractivity (Wildman–Crippen MR) is 128 cm³/mol. The molecule has 1 aliphatic heterocycles. The lowest BCUT2D eigenvalue weighted by atomic mass is 9.98. The Bertz CT molecular complexity index is 1370. The average molecular weight is 491 g/mol. The normalized spacial score (nSPS) is 15.3. The van der Waals surface area contributed by atoms with Gasteiger partial charge in [0.1, 0.15) is 11.6 Å². The summed E-state index contributed by atoms with van der Waals surface area (Å²) in [6, 6.07) is 15.3. The van der Waals surface area contributed by atoms with Crippen molar-refractivity contribution < 1.29 is 13.6 Å². The number of pyridine rings is 1. The van der Waals surface area contributed by atoms with E-state index in [4.69, 9.17) is 0 Å². The van der Waals surface area contributed by atoms with Crippen molar-refractivity contribution in [3.8, 4) is 11.4 Å². The van der Waals surface area contributed by atoms with Gasteiger partial charge in [-0.2, -0.15) is 5.10 Å². The zero-order valence-corrected chi connectivity index (χ0v) is 19.5. The number of hydrogen-bond donors (Lipinski definition) is 0. The number of carbonyl (C=O) groups excluding carboxylic acids is 1. The lowest BCUT2D eigenvalue weighted by Crippen LogP contribution is -2.28. The molecule has 3 heterocycles. The van der Waals surface area contributed by atoms with Gasteiger partial charge in [-0.25, -0.2) is 13.8 Å². The van der Waals surface area contributed by atoms with Gasteiger partial charge >= 0.3 is 0 Å². The molecule has 2 aromatic carbocycles. The van der Waals surface area contributed by atoms with Crippen LogP contribution in [-0.4, -0.2) is 42.1 Å². The Balaban J connectivity index is 1.37. The molecule has 5 rings (SSSR count). The van der Waals surface area contributed by atoms with Crippen molar-refractivity contribution in [1.82, 2.24) is 24.8 Å². The van der Waals surface area contributed by atoms with E-state index in [9.17, 15) is 13.6 Å². The summed E-state index contributed by atoms with van der Waals surface area (Å²) in [5, 5.41) is 15.1. The first-order chi connectivity index (χ1) is 17.0. The largest absolute Gasteiger partial charge is 0.305 e. The minimum Gasteiger partial charge on any atom is -0.305 e. The number of hydrazone groups is 1. The van der Waals surface area contributed by atoms with Crippen LogP contribution in [0.3, 0.4) is 0 Å². The van der Waals surface area contributed by atoms with E-state index in [0.717, 1.165) is 16.7 Å². The van der Waals surface area contributed by atoms with E-state index in [1.165, 1.54) is 41.0 Å². The molecule has 10 heteroatoms. The fourth-order valence-electron chi connectivity index (χ4n) is 3.89. The number of halogens is 2. The standard InChI is InChI=1S/C25H20F2N6OS/c1-32-24(18-10-12-28-13-11-18)29-30-25(32)35-15-23(34)33-22(17-4-8-20(27)9-5-17)14-21(31-33)16-2-6-19(26)7-3-16/h2-13,22H,14-15H2,1H3. The second-order valence-corrected chi connectivity index (χ2v) is 8.90. The first kappa shape index (κ1) is 22.9. The number of hydrogen-bond acceptors (Lipinski definition) is 6. The monoisotopic (exact) mass is 490 g/mol. The Kier molecular flexibility index (Phi) is 6.37. The van der Waals surface area contributed by atoms with Crippen molar-refractivity contribution in [2.24, 2.45) is 12.1 Å². The molecule has 1 amide bonds. The van der Waals surface area contributed by atoms with Gasteiger partial charge in [-0.1, -0.05) is 36.0 Å². The van der Waals surface area contributed by atoms with Gasteiger partial charge in [-0.15, -0.1) is 10.2 Å². The van der Waals surface area contributed by atoms with E-state index in [2.05, 4.69) is 20.3 Å². The molecule has 7 nitrogen and oxygen atoms in total. The number of carbonyl (C=O) groups is 1. The molecule has 176 valence electrons. The number of aromatic nitrogens is 4. The highest BCUT2D eigenvalue weighted by Crippen LogP contribution is 2.34. The highest BCUT2D eigenvalue weighted by molar-refractivity contribution is 7.99. The summed E-state index contributed by atoms with van der Waals surface area (Å²) in [6.45, 7) is 0. The average Bonchev–Trinajstić information content (AvgIpc) is 3.48. The zero-order chi connectivity index (χ0) is 24.4. The van der Waals surface area contributed by atoms with E-state index in [0.29, 0.717) is 23.1 Å². The molecule has 2 aromatic heterocycles. The first-order valence-corrected chi connectivity index (χ1v) is 11.8. The van der Waals surface area contributed by atoms with Crippen LogP contribution in [0.25, 0.3) is 11.4 Å². The number of benzene rings is 2. The third kappa shape index (κ3) is 4.83. The van der Waals surface area contributed by atoms with Gasteiger partial charge in [0.2, 0.25) is 0 Å². The molecule has 1 aliphatic rings. The van der Waals surface area contributed by atoms with Crippen molar-refractivity contribution in [1.29, 1.82) is 0 Å². The molecule has 0 N–H and O–H groups in total. The van der Waals surface area contributed by atoms with Crippen LogP contribution in [0.5, 0.6) is 0 Å². The first-order valence-electron chi connectivity index (χ1n) is 10.8. The second kappa shape index (κ2) is 9.75. The van der Waals surface area contributed by atoms with Crippen LogP contribution < -0.4 is 0 Å². The summed E-state index contributed by atoms with van der Waals surface area (Å²) in [5.41, 5.74) is 3.04. The zero-order valence-electron chi connectivity index (χ0n) is 18.7. The van der Waals surface area contributed by atoms with E-state index in [-0.39, 0.29) is 23.3 Å². The quantitative estimate of drug-likeness (QED) is 0.369. The van der Waals surface area contributed by atoms with Crippen LogP contribution in [0.1, 0.15) is 23.6 Å². The van der Waals surface area contributed by atoms with E-state index >= 15 is 0 Å². The third-order valence-corrected chi connectivity index (χ3v) is 6.70. The van der Waals surface area contributed by atoms with Gasteiger partial charge in [0.25, 0.3) is 5.91 Å². The fourth-order valence-corrected chi connectivity index (χ4v) is 4.65. The topological polar surface area (TPSA) is 76.3 Å².